The summed E-state index contributed by atoms with van der Waals surface area (Å²) in [5.41, 5.74) is 1.32. The highest BCUT2D eigenvalue weighted by Gasteiger charge is 2.37. The van der Waals surface area contributed by atoms with E-state index in [0.717, 1.165) is 18.0 Å². The average Bonchev–Trinajstić information content (AvgIpc) is 2.66. The van der Waals surface area contributed by atoms with Gasteiger partial charge in [0, 0.05) is 6.54 Å². The van der Waals surface area contributed by atoms with Crippen LogP contribution in [0.1, 0.15) is 33.3 Å². The summed E-state index contributed by atoms with van der Waals surface area (Å²) in [6.45, 7) is 9.37. The van der Waals surface area contributed by atoms with Crippen LogP contribution in [0.2, 0.25) is 0 Å². The predicted octanol–water partition coefficient (Wildman–Crippen LogP) is 2.71. The van der Waals surface area contributed by atoms with Crippen molar-refractivity contribution >= 4 is 7.32 Å². The van der Waals surface area contributed by atoms with Crippen molar-refractivity contribution in [2.75, 3.05) is 20.6 Å². The van der Waals surface area contributed by atoms with Crippen molar-refractivity contribution < 1.29 is 14.0 Å². The van der Waals surface area contributed by atoms with E-state index in [1.54, 1.807) is 0 Å². The van der Waals surface area contributed by atoms with E-state index in [1.807, 2.05) is 33.2 Å². The Kier molecular flexibility index (Phi) is 4.30. The highest BCUT2D eigenvalue weighted by molar-refractivity contribution is 6.40. The van der Waals surface area contributed by atoms with Crippen molar-refractivity contribution in [1.82, 2.24) is 4.90 Å². The van der Waals surface area contributed by atoms with Crippen molar-refractivity contribution in [1.29, 1.82) is 0 Å². The number of hydrogen-bond acceptors (Lipinski definition) is 4. The first-order valence-electron chi connectivity index (χ1n) is 7.04. The Labute approximate surface area is 122 Å². The molecule has 5 heteroatoms. The van der Waals surface area contributed by atoms with Crippen molar-refractivity contribution in [3.63, 3.8) is 0 Å². The van der Waals surface area contributed by atoms with E-state index in [2.05, 4.69) is 31.7 Å². The van der Waals surface area contributed by atoms with E-state index >= 15 is 0 Å². The molecule has 1 aromatic rings. The first-order valence-corrected chi connectivity index (χ1v) is 7.04. The summed E-state index contributed by atoms with van der Waals surface area (Å²) >= 11 is 0. The normalized spacial score (nSPS) is 15.8. The van der Waals surface area contributed by atoms with E-state index in [9.17, 15) is 0 Å². The molecular formula is C15H24BNO3. The fraction of sp³-hybridized carbons (Fsp3) is 0.600. The Hall–Kier alpha value is -1.20. The van der Waals surface area contributed by atoms with E-state index in [-0.39, 0.29) is 11.5 Å². The number of nitrogens with zero attached hydrogens (tertiary/aromatic N) is 1. The second-order valence-corrected chi connectivity index (χ2v) is 6.64. The third kappa shape index (κ3) is 3.67. The Morgan fingerprint density at radius 2 is 1.85 bits per heavy atom. The van der Waals surface area contributed by atoms with Crippen LogP contribution in [0.4, 0.5) is 0 Å². The SMILES string of the molecule is CC(CN(C)C)OB1Oc2ccc(C(C)(C)C)cc2O1. The zero-order chi connectivity index (χ0) is 14.9. The van der Waals surface area contributed by atoms with Crippen LogP contribution < -0.4 is 9.31 Å². The van der Waals surface area contributed by atoms with Crippen LogP contribution in [-0.2, 0) is 10.1 Å². The van der Waals surface area contributed by atoms with Gasteiger partial charge in [0.15, 0.2) is 0 Å². The molecule has 110 valence electrons. The molecule has 0 saturated carbocycles. The van der Waals surface area contributed by atoms with Gasteiger partial charge in [-0.1, -0.05) is 26.8 Å². The van der Waals surface area contributed by atoms with Crippen molar-refractivity contribution in [3.8, 4) is 11.5 Å². The van der Waals surface area contributed by atoms with Crippen LogP contribution >= 0.6 is 0 Å². The second kappa shape index (κ2) is 5.66. The van der Waals surface area contributed by atoms with Crippen LogP contribution in [-0.4, -0.2) is 39.0 Å². The van der Waals surface area contributed by atoms with Gasteiger partial charge in [0.25, 0.3) is 0 Å². The lowest BCUT2D eigenvalue weighted by atomic mass is 9.87. The molecule has 0 fully saturated rings. The minimum Gasteiger partial charge on any atom is -0.498 e. The monoisotopic (exact) mass is 277 g/mol. The molecular weight excluding hydrogens is 253 g/mol. The van der Waals surface area contributed by atoms with Gasteiger partial charge >= 0.3 is 7.32 Å². The lowest BCUT2D eigenvalue weighted by molar-refractivity contribution is 0.128. The summed E-state index contributed by atoms with van der Waals surface area (Å²) in [7, 11) is 3.39. The molecule has 0 amide bonds. The molecule has 0 aliphatic carbocycles. The van der Waals surface area contributed by atoms with Crippen LogP contribution in [0, 0.1) is 0 Å². The van der Waals surface area contributed by atoms with Gasteiger partial charge in [-0.25, -0.2) is 0 Å². The molecule has 0 saturated heterocycles. The molecule has 1 aromatic carbocycles. The zero-order valence-corrected chi connectivity index (χ0v) is 13.3. The maximum absolute atomic E-state index is 5.74. The summed E-state index contributed by atoms with van der Waals surface area (Å²) in [5, 5.41) is 0. The standard InChI is InChI=1S/C15H24BNO3/c1-11(10-17(5)6)18-16-19-13-8-7-12(15(2,3)4)9-14(13)20-16/h7-9,11H,10H2,1-6H3. The summed E-state index contributed by atoms with van der Waals surface area (Å²) < 4.78 is 17.1. The Bertz CT molecular complexity index is 471. The number of rotatable bonds is 4. The maximum Gasteiger partial charge on any atom is 0.788 e. The lowest BCUT2D eigenvalue weighted by Gasteiger charge is -2.19. The zero-order valence-electron chi connectivity index (χ0n) is 13.3. The molecule has 20 heavy (non-hydrogen) atoms. The van der Waals surface area contributed by atoms with E-state index in [1.165, 1.54) is 5.56 Å². The second-order valence-electron chi connectivity index (χ2n) is 6.64. The smallest absolute Gasteiger partial charge is 0.498 e. The van der Waals surface area contributed by atoms with E-state index < -0.39 is 7.32 Å². The van der Waals surface area contributed by atoms with Gasteiger partial charge in [0.2, 0.25) is 0 Å². The number of likely N-dealkylation sites (N-methyl/N-ethyl adjacent to an activating group) is 1. The molecule has 2 rings (SSSR count). The highest BCUT2D eigenvalue weighted by atomic mass is 16.8. The quantitative estimate of drug-likeness (QED) is 0.792. The van der Waals surface area contributed by atoms with Crippen LogP contribution in [0.3, 0.4) is 0 Å². The molecule has 1 aliphatic heterocycles. The molecule has 0 spiro atoms. The minimum atomic E-state index is -0.643. The van der Waals surface area contributed by atoms with Gasteiger partial charge in [0.05, 0.1) is 6.10 Å². The Balaban J connectivity index is 2.01. The molecule has 1 aliphatic rings. The third-order valence-corrected chi connectivity index (χ3v) is 3.22. The van der Waals surface area contributed by atoms with Gasteiger partial charge < -0.3 is 18.9 Å². The van der Waals surface area contributed by atoms with E-state index in [0.29, 0.717) is 0 Å². The number of benzene rings is 1. The van der Waals surface area contributed by atoms with Crippen molar-refractivity contribution in [2.24, 2.45) is 0 Å². The lowest BCUT2D eigenvalue weighted by Crippen LogP contribution is -2.37. The van der Waals surface area contributed by atoms with Crippen LogP contribution in [0.25, 0.3) is 0 Å². The summed E-state index contributed by atoms with van der Waals surface area (Å²) in [6, 6.07) is 6.07. The van der Waals surface area contributed by atoms with Crippen LogP contribution in [0.5, 0.6) is 11.5 Å². The summed E-state index contributed by atoms with van der Waals surface area (Å²) in [5.74, 6) is 1.51. The molecule has 1 atom stereocenters. The average molecular weight is 277 g/mol. The van der Waals surface area contributed by atoms with Gasteiger partial charge in [-0.3, -0.25) is 0 Å². The topological polar surface area (TPSA) is 30.9 Å². The first kappa shape index (κ1) is 15.2. The first-order chi connectivity index (χ1) is 9.25. The number of fused-ring (bicyclic) bond motifs is 1. The van der Waals surface area contributed by atoms with Gasteiger partial charge in [-0.2, -0.15) is 0 Å². The van der Waals surface area contributed by atoms with E-state index in [4.69, 9.17) is 14.0 Å². The summed E-state index contributed by atoms with van der Waals surface area (Å²) in [4.78, 5) is 2.07. The molecule has 0 bridgehead atoms. The molecule has 4 nitrogen and oxygen atoms in total. The summed E-state index contributed by atoms with van der Waals surface area (Å²) in [6.07, 6.45) is 0.0476. The van der Waals surface area contributed by atoms with Crippen molar-refractivity contribution in [2.45, 2.75) is 39.2 Å². The van der Waals surface area contributed by atoms with Crippen molar-refractivity contribution in [3.05, 3.63) is 23.8 Å². The molecule has 1 heterocycles. The Morgan fingerprint density at radius 3 is 2.45 bits per heavy atom. The molecule has 0 N–H and O–H groups in total. The molecule has 0 aromatic heterocycles. The molecule has 0 radical (unpaired) electrons. The minimum absolute atomic E-state index is 0.0476. The van der Waals surface area contributed by atoms with Gasteiger partial charge in [0.1, 0.15) is 11.5 Å². The highest BCUT2D eigenvalue weighted by Crippen LogP contribution is 2.37. The maximum atomic E-state index is 5.74. The van der Waals surface area contributed by atoms with Gasteiger partial charge in [-0.05, 0) is 44.1 Å². The number of hydrogen-bond donors (Lipinski definition) is 0. The third-order valence-electron chi connectivity index (χ3n) is 3.22. The Morgan fingerprint density at radius 1 is 1.20 bits per heavy atom. The van der Waals surface area contributed by atoms with Gasteiger partial charge in [-0.15, -0.1) is 0 Å². The fourth-order valence-corrected chi connectivity index (χ4v) is 2.20. The predicted molar refractivity (Wildman–Crippen MR) is 81.3 cm³/mol. The molecule has 1 unspecified atom stereocenters. The van der Waals surface area contributed by atoms with Crippen LogP contribution in [0.15, 0.2) is 18.2 Å². The fourth-order valence-electron chi connectivity index (χ4n) is 2.20. The largest absolute Gasteiger partial charge is 0.788 e.